The number of benzene rings is 2. The number of hydrogen-bond acceptors (Lipinski definition) is 2. The van der Waals surface area contributed by atoms with E-state index in [4.69, 9.17) is 11.6 Å². The van der Waals surface area contributed by atoms with Crippen molar-refractivity contribution in [2.45, 2.75) is 26.7 Å². The molecule has 1 N–H and O–H groups in total. The fourth-order valence-corrected chi connectivity index (χ4v) is 4.18. The molecule has 3 nitrogen and oxygen atoms in total. The number of carbonyl (C=O) groups excluding carboxylic acids is 1. The third-order valence-electron chi connectivity index (χ3n) is 5.19. The zero-order chi connectivity index (χ0) is 16.5. The summed E-state index contributed by atoms with van der Waals surface area (Å²) in [6.07, 6.45) is 5.29. The van der Waals surface area contributed by atoms with Crippen LogP contribution >= 0.6 is 11.6 Å². The molecule has 2 atom stereocenters. The molecule has 4 heteroatoms. The van der Waals surface area contributed by atoms with Gasteiger partial charge in [0.25, 0.3) is 0 Å². The molecule has 0 spiro atoms. The first-order valence-corrected chi connectivity index (χ1v) is 8.99. The molecule has 0 radical (unpaired) electrons. The Morgan fingerprint density at radius 2 is 1.96 bits per heavy atom. The van der Waals surface area contributed by atoms with Gasteiger partial charge in [0.1, 0.15) is 0 Å². The van der Waals surface area contributed by atoms with E-state index in [9.17, 15) is 4.79 Å². The van der Waals surface area contributed by atoms with E-state index in [0.29, 0.717) is 10.9 Å². The third kappa shape index (κ3) is 3.73. The summed E-state index contributed by atoms with van der Waals surface area (Å²) >= 11 is 6.25. The summed E-state index contributed by atoms with van der Waals surface area (Å²) in [6, 6.07) is 11.6. The normalized spacial score (nSPS) is 24.0. The van der Waals surface area contributed by atoms with Crippen LogP contribution in [0.1, 0.15) is 26.7 Å². The number of hydrogen-bond donors (Lipinski definition) is 1. The summed E-state index contributed by atoms with van der Waals surface area (Å²) in [5, 5.41) is 5.69. The average Bonchev–Trinajstić information content (AvgIpc) is 2.61. The molecule has 0 aromatic heterocycles. The molecule has 2 aromatic rings. The number of fused-ring (bicyclic) bond motifs is 3. The van der Waals surface area contributed by atoms with E-state index in [1.54, 1.807) is 0 Å². The van der Waals surface area contributed by atoms with Gasteiger partial charge < -0.3 is 10.2 Å². The van der Waals surface area contributed by atoms with Crippen LogP contribution in [0.5, 0.6) is 0 Å². The Kier molecular flexibility index (Phi) is 5.45. The first-order chi connectivity index (χ1) is 11.7. The van der Waals surface area contributed by atoms with Crippen LogP contribution in [0.2, 0.25) is 5.02 Å². The fourth-order valence-electron chi connectivity index (χ4n) is 3.95. The maximum Gasteiger partial charge on any atom is 0.248 e. The van der Waals surface area contributed by atoms with Crippen molar-refractivity contribution in [2.75, 3.05) is 25.0 Å². The Balaban J connectivity index is 0.00000182. The molecule has 2 aromatic carbocycles. The zero-order valence-corrected chi connectivity index (χ0v) is 14.4. The first-order valence-electron chi connectivity index (χ1n) is 8.62. The molecule has 4 rings (SSSR count). The second kappa shape index (κ2) is 7.59. The monoisotopic (exact) mass is 356 g/mol. The molecule has 2 unspecified atom stereocenters. The van der Waals surface area contributed by atoms with Gasteiger partial charge in [-0.15, -0.1) is 0 Å². The molecule has 0 saturated carbocycles. The highest BCUT2D eigenvalue weighted by Gasteiger charge is 2.27. The predicted molar refractivity (Wildman–Crippen MR) is 106 cm³/mol. The molecule has 25 heavy (non-hydrogen) atoms. The summed E-state index contributed by atoms with van der Waals surface area (Å²) in [6.45, 7) is 3.41. The minimum atomic E-state index is -0.0310. The standard InChI is InChI=1S/C20H21ClN2O.CH4/c21-18-7-8-19(17-6-2-1-5-16(17)18)22-20(24)12-14-9-11-23-10-3-4-15(14)13-23;/h1-2,5-8,12,15H,3-4,9-11,13H2,(H,22,24);1H4. The van der Waals surface area contributed by atoms with Gasteiger partial charge in [0.15, 0.2) is 0 Å². The molecule has 0 aliphatic carbocycles. The van der Waals surface area contributed by atoms with Crippen molar-refractivity contribution >= 4 is 34.0 Å². The Hall–Kier alpha value is -1.84. The highest BCUT2D eigenvalue weighted by atomic mass is 35.5. The summed E-state index contributed by atoms with van der Waals surface area (Å²) in [5.74, 6) is 0.525. The van der Waals surface area contributed by atoms with E-state index in [2.05, 4.69) is 10.2 Å². The number of nitrogens with zero attached hydrogens (tertiary/aromatic N) is 1. The van der Waals surface area contributed by atoms with Crippen molar-refractivity contribution in [3.8, 4) is 0 Å². The van der Waals surface area contributed by atoms with Crippen molar-refractivity contribution in [3.63, 3.8) is 0 Å². The van der Waals surface area contributed by atoms with Crippen molar-refractivity contribution in [1.29, 1.82) is 0 Å². The van der Waals surface area contributed by atoms with E-state index in [-0.39, 0.29) is 13.3 Å². The van der Waals surface area contributed by atoms with Crippen molar-refractivity contribution in [1.82, 2.24) is 4.90 Å². The molecular weight excluding hydrogens is 332 g/mol. The van der Waals surface area contributed by atoms with E-state index < -0.39 is 0 Å². The Morgan fingerprint density at radius 1 is 1.16 bits per heavy atom. The van der Waals surface area contributed by atoms with Gasteiger partial charge in [-0.2, -0.15) is 0 Å². The zero-order valence-electron chi connectivity index (χ0n) is 13.6. The van der Waals surface area contributed by atoms with Crippen molar-refractivity contribution in [2.24, 2.45) is 5.92 Å². The maximum atomic E-state index is 12.5. The Labute approximate surface area is 154 Å². The molecular formula is C21H25ClN2O. The number of carbonyl (C=O) groups is 1. The summed E-state index contributed by atoms with van der Waals surface area (Å²) < 4.78 is 0. The van der Waals surface area contributed by atoms with Crippen LogP contribution in [-0.2, 0) is 4.79 Å². The van der Waals surface area contributed by atoms with Gasteiger partial charge >= 0.3 is 0 Å². The van der Waals surface area contributed by atoms with E-state index in [1.165, 1.54) is 25.0 Å². The molecule has 1 amide bonds. The van der Waals surface area contributed by atoms with Gasteiger partial charge in [0.2, 0.25) is 5.91 Å². The minimum absolute atomic E-state index is 0. The molecule has 2 bridgehead atoms. The number of piperidine rings is 2. The minimum Gasteiger partial charge on any atom is -0.322 e. The number of anilines is 1. The van der Waals surface area contributed by atoms with E-state index in [0.717, 1.165) is 36.0 Å². The lowest BCUT2D eigenvalue weighted by atomic mass is 9.84. The van der Waals surface area contributed by atoms with Crippen LogP contribution in [-0.4, -0.2) is 30.4 Å². The van der Waals surface area contributed by atoms with Crippen LogP contribution in [0.4, 0.5) is 5.69 Å². The second-order valence-electron chi connectivity index (χ2n) is 6.74. The van der Waals surface area contributed by atoms with Crippen molar-refractivity contribution in [3.05, 3.63) is 53.1 Å². The number of amides is 1. The lowest BCUT2D eigenvalue weighted by molar-refractivity contribution is -0.112. The predicted octanol–water partition coefficient (Wildman–Crippen LogP) is 5.11. The van der Waals surface area contributed by atoms with Gasteiger partial charge in [-0.25, -0.2) is 0 Å². The van der Waals surface area contributed by atoms with Crippen molar-refractivity contribution < 1.29 is 4.79 Å². The molecule has 2 aliphatic heterocycles. The van der Waals surface area contributed by atoms with E-state index in [1.807, 2.05) is 42.5 Å². The maximum absolute atomic E-state index is 12.5. The summed E-state index contributed by atoms with van der Waals surface area (Å²) in [4.78, 5) is 15.0. The largest absolute Gasteiger partial charge is 0.322 e. The molecule has 2 fully saturated rings. The van der Waals surface area contributed by atoms with Gasteiger partial charge in [-0.3, -0.25) is 4.79 Å². The first kappa shape index (κ1) is 18.0. The fraction of sp³-hybridized carbons (Fsp3) is 0.381. The SMILES string of the molecule is C.O=C(C=C1CCN2CCCC1C2)Nc1ccc(Cl)c2ccccc12. The van der Waals surface area contributed by atoms with Crippen LogP contribution in [0.15, 0.2) is 48.0 Å². The van der Waals surface area contributed by atoms with E-state index >= 15 is 0 Å². The Morgan fingerprint density at radius 3 is 2.80 bits per heavy atom. The molecule has 2 aliphatic rings. The number of halogens is 1. The van der Waals surface area contributed by atoms with Crippen LogP contribution in [0, 0.1) is 5.92 Å². The summed E-state index contributed by atoms with van der Waals surface area (Å²) in [7, 11) is 0. The second-order valence-corrected chi connectivity index (χ2v) is 7.15. The van der Waals surface area contributed by atoms with Crippen LogP contribution in [0.25, 0.3) is 10.8 Å². The third-order valence-corrected chi connectivity index (χ3v) is 5.52. The lowest BCUT2D eigenvalue weighted by Gasteiger charge is -2.39. The number of rotatable bonds is 2. The summed E-state index contributed by atoms with van der Waals surface area (Å²) in [5.41, 5.74) is 2.12. The lowest BCUT2D eigenvalue weighted by Crippen LogP contribution is -2.41. The quantitative estimate of drug-likeness (QED) is 0.758. The smallest absolute Gasteiger partial charge is 0.248 e. The Bertz CT molecular complexity index is 815. The van der Waals surface area contributed by atoms with Crippen LogP contribution in [0.3, 0.4) is 0 Å². The van der Waals surface area contributed by atoms with Gasteiger partial charge in [0.05, 0.1) is 0 Å². The number of nitrogens with one attached hydrogen (secondary N) is 1. The van der Waals surface area contributed by atoms with Gasteiger partial charge in [-0.1, -0.05) is 48.9 Å². The molecule has 2 heterocycles. The average molecular weight is 357 g/mol. The van der Waals surface area contributed by atoms with Gasteiger partial charge in [0, 0.05) is 40.6 Å². The molecule has 2 saturated heterocycles. The highest BCUT2D eigenvalue weighted by molar-refractivity contribution is 6.36. The molecule has 132 valence electrons. The topological polar surface area (TPSA) is 32.3 Å². The highest BCUT2D eigenvalue weighted by Crippen LogP contribution is 2.32. The van der Waals surface area contributed by atoms with Gasteiger partial charge in [-0.05, 0) is 43.9 Å². The van der Waals surface area contributed by atoms with Crippen LogP contribution < -0.4 is 5.32 Å².